The number of nitrogens with zero attached hydrogens (tertiary/aromatic N) is 2. The van der Waals surface area contributed by atoms with Gasteiger partial charge in [-0.05, 0) is 154 Å². The zero-order valence-electron chi connectivity index (χ0n) is 30.6. The highest BCUT2D eigenvalue weighted by molar-refractivity contribution is 6.35. The highest BCUT2D eigenvalue weighted by Crippen LogP contribution is 2.50. The molecule has 0 bridgehead atoms. The molecule has 54 heavy (non-hydrogen) atoms. The minimum atomic E-state index is 1.12. The second-order valence-corrected chi connectivity index (χ2v) is 15.3. The first-order valence-electron chi connectivity index (χ1n) is 19.9. The van der Waals surface area contributed by atoms with E-state index >= 15 is 0 Å². The summed E-state index contributed by atoms with van der Waals surface area (Å²) in [6.07, 6.45) is 9.60. The van der Waals surface area contributed by atoms with Crippen molar-refractivity contribution in [1.82, 2.24) is 0 Å². The predicted octanol–water partition coefficient (Wildman–Crippen LogP) is 14.4. The summed E-state index contributed by atoms with van der Waals surface area (Å²) in [5.41, 5.74) is 13.5. The van der Waals surface area contributed by atoms with Gasteiger partial charge in [-0.25, -0.2) is 0 Å². The summed E-state index contributed by atoms with van der Waals surface area (Å²) in [5, 5.41) is 10.5. The van der Waals surface area contributed by atoms with Gasteiger partial charge in [-0.15, -0.1) is 0 Å². The van der Waals surface area contributed by atoms with Gasteiger partial charge in [-0.3, -0.25) is 0 Å². The van der Waals surface area contributed by atoms with Crippen molar-refractivity contribution >= 4 is 77.2 Å². The first-order chi connectivity index (χ1) is 26.8. The van der Waals surface area contributed by atoms with E-state index in [1.807, 2.05) is 0 Å². The fourth-order valence-corrected chi connectivity index (χ4v) is 9.98. The average molecular weight is 695 g/mol. The Morgan fingerprint density at radius 3 is 1.13 bits per heavy atom. The summed E-state index contributed by atoms with van der Waals surface area (Å²) in [5.74, 6) is 0. The molecule has 0 saturated heterocycles. The predicted molar refractivity (Wildman–Crippen MR) is 230 cm³/mol. The van der Waals surface area contributed by atoms with Crippen molar-refractivity contribution in [2.75, 3.05) is 9.80 Å². The zero-order chi connectivity index (χ0) is 35.6. The minimum absolute atomic E-state index is 1.12. The molecule has 0 heterocycles. The van der Waals surface area contributed by atoms with Crippen LogP contribution in [0, 0.1) is 0 Å². The van der Waals surface area contributed by atoms with Gasteiger partial charge in [0.2, 0.25) is 0 Å². The monoisotopic (exact) mass is 694 g/mol. The first-order valence-corrected chi connectivity index (χ1v) is 19.9. The maximum absolute atomic E-state index is 2.53. The molecule has 2 nitrogen and oxygen atoms in total. The summed E-state index contributed by atoms with van der Waals surface area (Å²) in [7, 11) is 0. The molecular weight excluding hydrogens is 653 g/mol. The SMILES string of the molecule is c1ccc(N(c2cccc3c2CCCC3)c2ccc3c4cccc5c(N(c6ccccc6)c6cccc7c6CCCC7)ccc(c6cccc2c63)c54)cc1. The van der Waals surface area contributed by atoms with E-state index in [0.717, 1.165) is 25.7 Å². The number of benzene rings is 9. The minimum Gasteiger partial charge on any atom is -0.310 e. The van der Waals surface area contributed by atoms with Crippen molar-refractivity contribution in [1.29, 1.82) is 0 Å². The highest BCUT2D eigenvalue weighted by Gasteiger charge is 2.26. The maximum atomic E-state index is 2.53. The van der Waals surface area contributed by atoms with Gasteiger partial charge >= 0.3 is 0 Å². The van der Waals surface area contributed by atoms with E-state index in [1.54, 1.807) is 0 Å². The van der Waals surface area contributed by atoms with Crippen molar-refractivity contribution in [2.45, 2.75) is 51.4 Å². The van der Waals surface area contributed by atoms with E-state index in [0.29, 0.717) is 0 Å². The van der Waals surface area contributed by atoms with Crippen LogP contribution in [0.15, 0.2) is 158 Å². The molecule has 0 N–H and O–H groups in total. The lowest BCUT2D eigenvalue weighted by atomic mass is 9.87. The summed E-state index contributed by atoms with van der Waals surface area (Å²) in [6.45, 7) is 0. The van der Waals surface area contributed by atoms with Gasteiger partial charge in [0.1, 0.15) is 0 Å². The van der Waals surface area contributed by atoms with E-state index in [1.165, 1.54) is 125 Å². The normalized spacial score (nSPS) is 14.1. The number of aryl methyl sites for hydroxylation is 2. The number of para-hydroxylation sites is 2. The quantitative estimate of drug-likeness (QED) is 0.126. The summed E-state index contributed by atoms with van der Waals surface area (Å²) in [4.78, 5) is 5.06. The fourth-order valence-electron chi connectivity index (χ4n) is 9.98. The van der Waals surface area contributed by atoms with Crippen LogP contribution in [0.1, 0.15) is 47.9 Å². The van der Waals surface area contributed by atoms with E-state index in [4.69, 9.17) is 0 Å². The standard InChI is InChI=1S/C52H42N2/c1-3-19-37(20-4-1)53(47-29-11-17-35-15-7-9-23-39(35)47)49-33-31-43-42-26-14-28-46-50(34-32-44(52(42)46)41-25-13-27-45(49)51(41)43)54(38-21-5-2-6-22-38)48-30-12-18-36-16-8-10-24-40(36)48/h1-6,11-14,17-22,25-34H,7-10,15-16,23-24H2. The molecule has 9 aromatic carbocycles. The van der Waals surface area contributed by atoms with E-state index in [9.17, 15) is 0 Å². The van der Waals surface area contributed by atoms with Crippen LogP contribution in [-0.2, 0) is 25.7 Å². The lowest BCUT2D eigenvalue weighted by molar-refractivity contribution is 0.686. The van der Waals surface area contributed by atoms with Crippen LogP contribution in [0.3, 0.4) is 0 Å². The number of fused-ring (bicyclic) bond motifs is 4. The molecule has 2 aliphatic carbocycles. The molecule has 0 radical (unpaired) electrons. The average Bonchev–Trinajstić information content (AvgIpc) is 3.24. The molecule has 0 unspecified atom stereocenters. The lowest BCUT2D eigenvalue weighted by Gasteiger charge is -2.32. The van der Waals surface area contributed by atoms with Crippen molar-refractivity contribution in [3.05, 3.63) is 180 Å². The maximum Gasteiger partial charge on any atom is 0.0540 e. The third-order valence-electron chi connectivity index (χ3n) is 12.4. The Hall–Kier alpha value is -6.12. The Labute approximate surface area is 317 Å². The van der Waals surface area contributed by atoms with E-state index in [-0.39, 0.29) is 0 Å². The van der Waals surface area contributed by atoms with Gasteiger partial charge in [0.05, 0.1) is 11.4 Å². The first kappa shape index (κ1) is 31.4. The van der Waals surface area contributed by atoms with Crippen LogP contribution < -0.4 is 9.80 Å². The molecule has 0 saturated carbocycles. The topological polar surface area (TPSA) is 6.48 Å². The van der Waals surface area contributed by atoms with Crippen LogP contribution >= 0.6 is 0 Å². The van der Waals surface area contributed by atoms with Crippen molar-refractivity contribution in [2.24, 2.45) is 0 Å². The van der Waals surface area contributed by atoms with Gasteiger partial charge in [-0.1, -0.05) is 109 Å². The Balaban J connectivity index is 1.17. The van der Waals surface area contributed by atoms with Gasteiger partial charge in [0, 0.05) is 33.5 Å². The van der Waals surface area contributed by atoms with Gasteiger partial charge in [0.25, 0.3) is 0 Å². The second kappa shape index (κ2) is 12.8. The molecule has 9 aromatic rings. The molecule has 0 atom stereocenters. The molecule has 2 aliphatic rings. The van der Waals surface area contributed by atoms with Gasteiger partial charge < -0.3 is 9.80 Å². The number of anilines is 6. The van der Waals surface area contributed by atoms with Crippen LogP contribution in [0.25, 0.3) is 43.1 Å². The van der Waals surface area contributed by atoms with Crippen molar-refractivity contribution in [3.8, 4) is 0 Å². The Bertz CT molecular complexity index is 2620. The molecule has 0 aromatic heterocycles. The van der Waals surface area contributed by atoms with E-state index in [2.05, 4.69) is 168 Å². The largest absolute Gasteiger partial charge is 0.310 e. The molecule has 0 spiro atoms. The summed E-state index contributed by atoms with van der Waals surface area (Å²) < 4.78 is 0. The smallest absolute Gasteiger partial charge is 0.0540 e. The van der Waals surface area contributed by atoms with Gasteiger partial charge in [0.15, 0.2) is 0 Å². The molecule has 0 fully saturated rings. The fraction of sp³-hybridized carbons (Fsp3) is 0.154. The molecule has 0 amide bonds. The lowest BCUT2D eigenvalue weighted by Crippen LogP contribution is -2.15. The second-order valence-electron chi connectivity index (χ2n) is 15.3. The van der Waals surface area contributed by atoms with Crippen LogP contribution in [0.5, 0.6) is 0 Å². The van der Waals surface area contributed by atoms with Crippen molar-refractivity contribution in [3.63, 3.8) is 0 Å². The molecule has 260 valence electrons. The summed E-state index contributed by atoms with van der Waals surface area (Å²) >= 11 is 0. The molecule has 2 heteroatoms. The Morgan fingerprint density at radius 1 is 0.278 bits per heavy atom. The van der Waals surface area contributed by atoms with Crippen LogP contribution in [-0.4, -0.2) is 0 Å². The molecule has 11 rings (SSSR count). The zero-order valence-corrected chi connectivity index (χ0v) is 30.6. The summed E-state index contributed by atoms with van der Waals surface area (Å²) in [6, 6.07) is 59.4. The third-order valence-corrected chi connectivity index (χ3v) is 12.4. The number of hydrogen-bond acceptors (Lipinski definition) is 2. The third kappa shape index (κ3) is 4.86. The molecule has 0 aliphatic heterocycles. The van der Waals surface area contributed by atoms with Gasteiger partial charge in [-0.2, -0.15) is 0 Å². The molecular formula is C52H42N2. The highest BCUT2D eigenvalue weighted by atomic mass is 15.2. The number of hydrogen-bond donors (Lipinski definition) is 0. The Kier molecular flexibility index (Phi) is 7.43. The Morgan fingerprint density at radius 2 is 0.667 bits per heavy atom. The van der Waals surface area contributed by atoms with E-state index < -0.39 is 0 Å². The van der Waals surface area contributed by atoms with Crippen LogP contribution in [0.2, 0.25) is 0 Å². The van der Waals surface area contributed by atoms with Crippen LogP contribution in [0.4, 0.5) is 34.1 Å². The number of rotatable bonds is 6. The van der Waals surface area contributed by atoms with Crippen molar-refractivity contribution < 1.29 is 0 Å².